The molecule has 0 saturated heterocycles. The lowest BCUT2D eigenvalue weighted by Gasteiger charge is -2.35. The van der Waals surface area contributed by atoms with Crippen LogP contribution in [0, 0.1) is 0 Å². The van der Waals surface area contributed by atoms with Crippen LogP contribution in [-0.4, -0.2) is 57.9 Å². The van der Waals surface area contributed by atoms with E-state index in [0.717, 1.165) is 18.5 Å². The van der Waals surface area contributed by atoms with Crippen LogP contribution in [0.3, 0.4) is 0 Å². The molecule has 1 aliphatic rings. The monoisotopic (exact) mass is 331 g/mol. The highest BCUT2D eigenvalue weighted by Gasteiger charge is 2.31. The minimum atomic E-state index is -0.264. The second-order valence-electron chi connectivity index (χ2n) is 5.78. The van der Waals surface area contributed by atoms with Crippen LogP contribution >= 0.6 is 0 Å². The van der Waals surface area contributed by atoms with Gasteiger partial charge in [0, 0.05) is 26.4 Å². The van der Waals surface area contributed by atoms with Gasteiger partial charge in [-0.15, -0.1) is 0 Å². The van der Waals surface area contributed by atoms with Crippen LogP contribution < -0.4 is 5.32 Å². The summed E-state index contributed by atoms with van der Waals surface area (Å²) in [6.45, 7) is 1.17. The summed E-state index contributed by atoms with van der Waals surface area (Å²) in [6.07, 6.45) is 6.77. The van der Waals surface area contributed by atoms with Gasteiger partial charge < -0.3 is 19.4 Å². The van der Waals surface area contributed by atoms with Crippen molar-refractivity contribution in [1.29, 1.82) is 0 Å². The van der Waals surface area contributed by atoms with E-state index in [1.807, 2.05) is 11.6 Å². The Hall–Kier alpha value is -2.32. The van der Waals surface area contributed by atoms with E-state index in [0.29, 0.717) is 18.9 Å². The van der Waals surface area contributed by atoms with Crippen LogP contribution in [0.2, 0.25) is 0 Å². The Bertz CT molecular complexity index is 697. The maximum absolute atomic E-state index is 12.3. The summed E-state index contributed by atoms with van der Waals surface area (Å²) in [5, 5.41) is 2.94. The van der Waals surface area contributed by atoms with Crippen LogP contribution in [0.1, 0.15) is 23.5 Å². The minimum absolute atomic E-state index is 0.106. The molecule has 3 rings (SSSR count). The summed E-state index contributed by atoms with van der Waals surface area (Å²) < 4.78 is 12.4. The van der Waals surface area contributed by atoms with Gasteiger partial charge in [0.05, 0.1) is 43.2 Å². The third-order valence-electron chi connectivity index (χ3n) is 4.01. The fourth-order valence-electron chi connectivity index (χ4n) is 2.58. The molecular weight excluding hydrogens is 310 g/mol. The zero-order chi connectivity index (χ0) is 16.9. The molecule has 8 heteroatoms. The second kappa shape index (κ2) is 7.50. The largest absolute Gasteiger partial charge is 0.382 e. The number of rotatable bonds is 7. The van der Waals surface area contributed by atoms with Crippen molar-refractivity contribution in [3.8, 4) is 11.4 Å². The molecule has 0 aromatic carbocycles. The number of carbonyl (C=O) groups excluding carboxylic acids is 1. The maximum atomic E-state index is 12.3. The zero-order valence-corrected chi connectivity index (χ0v) is 13.8. The molecular formula is C16H21N5O3. The van der Waals surface area contributed by atoms with E-state index in [2.05, 4.69) is 20.3 Å². The number of nitrogens with zero attached hydrogens (tertiary/aromatic N) is 4. The van der Waals surface area contributed by atoms with Gasteiger partial charge in [0.15, 0.2) is 0 Å². The number of amides is 1. The molecule has 1 saturated carbocycles. The molecule has 1 fully saturated rings. The van der Waals surface area contributed by atoms with E-state index in [-0.39, 0.29) is 23.9 Å². The standard InChI is InChI=1S/C16H21N5O3/c1-21-10-17-9-14(21)13-3-4-18-15(20-13)16(22)19-11-7-12(8-11)24-6-5-23-2/h3-4,9-12H,5-8H2,1-2H3,(H,19,22)/t11-,12-. The lowest BCUT2D eigenvalue weighted by Crippen LogP contribution is -2.48. The Morgan fingerprint density at radius 1 is 1.42 bits per heavy atom. The Labute approximate surface area is 140 Å². The van der Waals surface area contributed by atoms with Crippen molar-refractivity contribution in [1.82, 2.24) is 24.8 Å². The molecule has 24 heavy (non-hydrogen) atoms. The number of carbonyl (C=O) groups is 1. The molecule has 1 aliphatic carbocycles. The van der Waals surface area contributed by atoms with Crippen molar-refractivity contribution in [2.45, 2.75) is 25.0 Å². The van der Waals surface area contributed by atoms with Crippen molar-refractivity contribution in [3.63, 3.8) is 0 Å². The van der Waals surface area contributed by atoms with Crippen molar-refractivity contribution >= 4 is 5.91 Å². The maximum Gasteiger partial charge on any atom is 0.289 e. The second-order valence-corrected chi connectivity index (χ2v) is 5.78. The molecule has 1 amide bonds. The minimum Gasteiger partial charge on any atom is -0.382 e. The smallest absolute Gasteiger partial charge is 0.289 e. The highest BCUT2D eigenvalue weighted by molar-refractivity contribution is 5.91. The van der Waals surface area contributed by atoms with Gasteiger partial charge in [-0.1, -0.05) is 0 Å². The first-order chi connectivity index (χ1) is 11.7. The van der Waals surface area contributed by atoms with E-state index in [1.165, 1.54) is 0 Å². The van der Waals surface area contributed by atoms with Crippen molar-refractivity contribution < 1.29 is 14.3 Å². The Morgan fingerprint density at radius 2 is 2.25 bits per heavy atom. The molecule has 8 nitrogen and oxygen atoms in total. The first kappa shape index (κ1) is 16.5. The lowest BCUT2D eigenvalue weighted by molar-refractivity contribution is -0.0343. The molecule has 2 heterocycles. The summed E-state index contributed by atoms with van der Waals surface area (Å²) in [5.74, 6) is -0.100. The van der Waals surface area contributed by atoms with Crippen LogP contribution in [-0.2, 0) is 16.5 Å². The molecule has 0 aliphatic heterocycles. The summed E-state index contributed by atoms with van der Waals surface area (Å²) in [7, 11) is 3.52. The molecule has 128 valence electrons. The zero-order valence-electron chi connectivity index (χ0n) is 13.8. The number of imidazole rings is 1. The molecule has 0 atom stereocenters. The van der Waals surface area contributed by atoms with Crippen molar-refractivity contribution in [2.75, 3.05) is 20.3 Å². The lowest BCUT2D eigenvalue weighted by atomic mass is 9.89. The van der Waals surface area contributed by atoms with Gasteiger partial charge >= 0.3 is 0 Å². The number of methoxy groups -OCH3 is 1. The van der Waals surface area contributed by atoms with Gasteiger partial charge in [-0.25, -0.2) is 15.0 Å². The first-order valence-electron chi connectivity index (χ1n) is 7.88. The molecule has 0 unspecified atom stereocenters. The number of hydrogen-bond donors (Lipinski definition) is 1. The molecule has 2 aromatic heterocycles. The summed E-state index contributed by atoms with van der Waals surface area (Å²) in [6, 6.07) is 1.87. The SMILES string of the molecule is COCCO[C@H]1C[C@H](NC(=O)c2nccc(-c3cncn3C)n2)C1. The Kier molecular flexibility index (Phi) is 5.17. The van der Waals surface area contributed by atoms with E-state index in [4.69, 9.17) is 9.47 Å². The third-order valence-corrected chi connectivity index (χ3v) is 4.01. The van der Waals surface area contributed by atoms with Gasteiger partial charge in [-0.05, 0) is 18.9 Å². The van der Waals surface area contributed by atoms with Crippen molar-refractivity contribution in [3.05, 3.63) is 30.6 Å². The highest BCUT2D eigenvalue weighted by Crippen LogP contribution is 2.23. The highest BCUT2D eigenvalue weighted by atomic mass is 16.5. The van der Waals surface area contributed by atoms with E-state index >= 15 is 0 Å². The van der Waals surface area contributed by atoms with Crippen LogP contribution in [0.4, 0.5) is 0 Å². The molecule has 1 N–H and O–H groups in total. The predicted molar refractivity (Wildman–Crippen MR) is 86.3 cm³/mol. The normalized spacial score (nSPS) is 19.8. The Morgan fingerprint density at radius 3 is 2.96 bits per heavy atom. The predicted octanol–water partition coefficient (Wildman–Crippen LogP) is 0.801. The quantitative estimate of drug-likeness (QED) is 0.755. The van der Waals surface area contributed by atoms with Crippen LogP contribution in [0.15, 0.2) is 24.8 Å². The van der Waals surface area contributed by atoms with Gasteiger partial charge in [0.2, 0.25) is 5.82 Å². The number of aromatic nitrogens is 4. The Balaban J connectivity index is 1.54. The average molecular weight is 331 g/mol. The van der Waals surface area contributed by atoms with Crippen LogP contribution in [0.25, 0.3) is 11.4 Å². The van der Waals surface area contributed by atoms with Gasteiger partial charge in [0.25, 0.3) is 5.91 Å². The number of nitrogens with one attached hydrogen (secondary N) is 1. The van der Waals surface area contributed by atoms with E-state index in [1.54, 1.807) is 31.9 Å². The van der Waals surface area contributed by atoms with Crippen LogP contribution in [0.5, 0.6) is 0 Å². The third kappa shape index (κ3) is 3.77. The number of aryl methyl sites for hydroxylation is 1. The summed E-state index contributed by atoms with van der Waals surface area (Å²) in [5.41, 5.74) is 1.51. The molecule has 0 bridgehead atoms. The molecule has 0 radical (unpaired) electrons. The summed E-state index contributed by atoms with van der Waals surface area (Å²) >= 11 is 0. The molecule has 0 spiro atoms. The van der Waals surface area contributed by atoms with E-state index in [9.17, 15) is 4.79 Å². The van der Waals surface area contributed by atoms with E-state index < -0.39 is 0 Å². The molecule has 2 aromatic rings. The van der Waals surface area contributed by atoms with Gasteiger partial charge in [-0.2, -0.15) is 0 Å². The van der Waals surface area contributed by atoms with Crippen molar-refractivity contribution in [2.24, 2.45) is 7.05 Å². The topological polar surface area (TPSA) is 91.2 Å². The number of ether oxygens (including phenoxy) is 2. The van der Waals surface area contributed by atoms with Gasteiger partial charge in [-0.3, -0.25) is 4.79 Å². The summed E-state index contributed by atoms with van der Waals surface area (Å²) in [4.78, 5) is 24.8. The number of hydrogen-bond acceptors (Lipinski definition) is 6. The average Bonchev–Trinajstić information content (AvgIpc) is 2.98. The first-order valence-corrected chi connectivity index (χ1v) is 7.88. The fraction of sp³-hybridized carbons (Fsp3) is 0.500. The fourth-order valence-corrected chi connectivity index (χ4v) is 2.58. The van der Waals surface area contributed by atoms with Gasteiger partial charge in [0.1, 0.15) is 0 Å².